The molecule has 0 aliphatic carbocycles. The molecular weight excluding hydrogens is 546 g/mol. The number of sulfonamides is 1. The molecule has 0 saturated carbocycles. The highest BCUT2D eigenvalue weighted by atomic mass is 35.5. The zero-order chi connectivity index (χ0) is 29.4. The number of rotatable bonds is 12. The Morgan fingerprint density at radius 3 is 2.12 bits per heavy atom. The molecule has 0 saturated heterocycles. The summed E-state index contributed by atoms with van der Waals surface area (Å²) < 4.78 is 27.0. The molecule has 0 unspecified atom stereocenters. The minimum Gasteiger partial charge on any atom is -0.352 e. The maximum Gasteiger partial charge on any atom is 0.244 e. The Morgan fingerprint density at radius 1 is 0.950 bits per heavy atom. The third-order valence-corrected chi connectivity index (χ3v) is 8.25. The summed E-state index contributed by atoms with van der Waals surface area (Å²) in [6.45, 7) is 7.19. The number of nitrogens with zero attached hydrogens (tertiary/aromatic N) is 2. The highest BCUT2D eigenvalue weighted by molar-refractivity contribution is 7.92. The van der Waals surface area contributed by atoms with Gasteiger partial charge in [0, 0.05) is 24.0 Å². The van der Waals surface area contributed by atoms with Gasteiger partial charge in [0.2, 0.25) is 21.8 Å². The fourth-order valence-corrected chi connectivity index (χ4v) is 5.54. The molecule has 9 heteroatoms. The van der Waals surface area contributed by atoms with Crippen molar-refractivity contribution in [3.05, 3.63) is 100 Å². The zero-order valence-corrected chi connectivity index (χ0v) is 25.3. The van der Waals surface area contributed by atoms with Gasteiger partial charge >= 0.3 is 0 Å². The van der Waals surface area contributed by atoms with Crippen LogP contribution in [0.5, 0.6) is 0 Å². The lowest BCUT2D eigenvalue weighted by atomic mass is 10.0. The normalized spacial score (nSPS) is 12.8. The van der Waals surface area contributed by atoms with Crippen molar-refractivity contribution in [3.8, 4) is 0 Å². The number of nitrogens with one attached hydrogen (secondary N) is 1. The fraction of sp³-hybridized carbons (Fsp3) is 0.355. The van der Waals surface area contributed by atoms with Gasteiger partial charge in [0.05, 0.1) is 11.9 Å². The second kappa shape index (κ2) is 13.8. The molecular formula is C31H38ClN3O4S. The molecule has 40 heavy (non-hydrogen) atoms. The number of amides is 2. The predicted octanol–water partition coefficient (Wildman–Crippen LogP) is 5.28. The number of hydrogen-bond acceptors (Lipinski definition) is 4. The molecule has 7 nitrogen and oxygen atoms in total. The summed E-state index contributed by atoms with van der Waals surface area (Å²) in [4.78, 5) is 29.3. The van der Waals surface area contributed by atoms with E-state index in [0.717, 1.165) is 33.7 Å². The number of anilines is 1. The molecule has 0 radical (unpaired) electrons. The van der Waals surface area contributed by atoms with E-state index in [4.69, 9.17) is 11.6 Å². The lowest BCUT2D eigenvalue weighted by Gasteiger charge is -2.34. The largest absolute Gasteiger partial charge is 0.352 e. The van der Waals surface area contributed by atoms with Gasteiger partial charge in [-0.2, -0.15) is 0 Å². The van der Waals surface area contributed by atoms with Crippen molar-refractivity contribution >= 4 is 39.1 Å². The Morgan fingerprint density at radius 2 is 1.55 bits per heavy atom. The lowest BCUT2D eigenvalue weighted by Crippen LogP contribution is -2.54. The second-order valence-corrected chi connectivity index (χ2v) is 12.6. The van der Waals surface area contributed by atoms with E-state index in [0.29, 0.717) is 16.3 Å². The molecule has 2 amide bonds. The Kier molecular flexibility index (Phi) is 10.8. The zero-order valence-electron chi connectivity index (χ0n) is 23.7. The van der Waals surface area contributed by atoms with Gasteiger partial charge in [0.25, 0.3) is 0 Å². The van der Waals surface area contributed by atoms with E-state index < -0.39 is 28.5 Å². The van der Waals surface area contributed by atoms with Crippen LogP contribution < -0.4 is 9.62 Å². The van der Waals surface area contributed by atoms with Crippen LogP contribution in [0.4, 0.5) is 5.69 Å². The van der Waals surface area contributed by atoms with Crippen LogP contribution in [0.25, 0.3) is 0 Å². The number of carbonyl (C=O) groups is 2. The highest BCUT2D eigenvalue weighted by Gasteiger charge is 2.33. The van der Waals surface area contributed by atoms with Crippen molar-refractivity contribution in [3.63, 3.8) is 0 Å². The van der Waals surface area contributed by atoms with E-state index in [2.05, 4.69) is 5.32 Å². The van der Waals surface area contributed by atoms with Gasteiger partial charge in [0.15, 0.2) is 0 Å². The minimum atomic E-state index is -3.83. The standard InChI is InChI=1S/C31H38ClN3O4S/c1-6-24(4)33-31(37)29(19-25-12-8-7-9-13-25)34(20-26-14-10-11-15-28(26)32)30(36)21-35(40(5,38)39)27-17-22(2)16-23(3)18-27/h7-18,24,29H,6,19-21H2,1-5H3,(H,33,37)/t24-,29+/m1/s1. The van der Waals surface area contributed by atoms with E-state index >= 15 is 0 Å². The molecule has 0 fully saturated rings. The molecule has 0 spiro atoms. The second-order valence-electron chi connectivity index (χ2n) is 10.3. The number of carbonyl (C=O) groups excluding carboxylic acids is 2. The first-order valence-corrected chi connectivity index (χ1v) is 15.5. The molecule has 0 aliphatic rings. The molecule has 214 valence electrons. The Bertz CT molecular complexity index is 1410. The lowest BCUT2D eigenvalue weighted by molar-refractivity contribution is -0.140. The van der Waals surface area contributed by atoms with Gasteiger partial charge in [-0.3, -0.25) is 13.9 Å². The van der Waals surface area contributed by atoms with E-state index in [-0.39, 0.29) is 24.9 Å². The molecule has 0 bridgehead atoms. The summed E-state index contributed by atoms with van der Waals surface area (Å²) >= 11 is 6.49. The van der Waals surface area contributed by atoms with Crippen LogP contribution in [0, 0.1) is 13.8 Å². The van der Waals surface area contributed by atoms with E-state index in [1.54, 1.807) is 30.3 Å². The smallest absolute Gasteiger partial charge is 0.244 e. The third-order valence-electron chi connectivity index (χ3n) is 6.74. The topological polar surface area (TPSA) is 86.8 Å². The highest BCUT2D eigenvalue weighted by Crippen LogP contribution is 2.24. The van der Waals surface area contributed by atoms with Gasteiger partial charge in [-0.25, -0.2) is 8.42 Å². The molecule has 3 rings (SSSR count). The number of benzene rings is 3. The van der Waals surface area contributed by atoms with Crippen LogP contribution in [-0.2, 0) is 32.6 Å². The van der Waals surface area contributed by atoms with Crippen LogP contribution in [0.15, 0.2) is 72.8 Å². The van der Waals surface area contributed by atoms with Gasteiger partial charge in [-0.15, -0.1) is 0 Å². The molecule has 3 aromatic rings. The number of hydrogen-bond donors (Lipinski definition) is 1. The first-order chi connectivity index (χ1) is 18.9. The number of aryl methyl sites for hydroxylation is 2. The van der Waals surface area contributed by atoms with E-state index in [9.17, 15) is 18.0 Å². The van der Waals surface area contributed by atoms with Crippen LogP contribution in [0.3, 0.4) is 0 Å². The molecule has 0 heterocycles. The minimum absolute atomic E-state index is 0.0361. The summed E-state index contributed by atoms with van der Waals surface area (Å²) in [5.74, 6) is -0.819. The van der Waals surface area contributed by atoms with Crippen molar-refractivity contribution < 1.29 is 18.0 Å². The van der Waals surface area contributed by atoms with Crippen molar-refractivity contribution in [1.29, 1.82) is 0 Å². The summed E-state index contributed by atoms with van der Waals surface area (Å²) in [6, 6.07) is 21.0. The molecule has 1 N–H and O–H groups in total. The molecule has 0 aromatic heterocycles. The molecule has 0 aliphatic heterocycles. The quantitative estimate of drug-likeness (QED) is 0.314. The first kappa shape index (κ1) is 31.2. The predicted molar refractivity (Wildman–Crippen MR) is 162 cm³/mol. The van der Waals surface area contributed by atoms with E-state index in [1.165, 1.54) is 4.90 Å². The van der Waals surface area contributed by atoms with Crippen molar-refractivity contribution in [2.75, 3.05) is 17.1 Å². The fourth-order valence-electron chi connectivity index (χ4n) is 4.51. The third kappa shape index (κ3) is 8.57. The van der Waals surface area contributed by atoms with Crippen LogP contribution in [0.2, 0.25) is 5.02 Å². The Labute approximate surface area is 243 Å². The van der Waals surface area contributed by atoms with Crippen LogP contribution in [-0.4, -0.2) is 50.0 Å². The van der Waals surface area contributed by atoms with Gasteiger partial charge in [-0.05, 0) is 67.6 Å². The van der Waals surface area contributed by atoms with Crippen molar-refractivity contribution in [2.45, 2.75) is 59.2 Å². The Balaban J connectivity index is 2.09. The van der Waals surface area contributed by atoms with E-state index in [1.807, 2.05) is 70.2 Å². The van der Waals surface area contributed by atoms with Crippen LogP contribution >= 0.6 is 11.6 Å². The van der Waals surface area contributed by atoms with Crippen molar-refractivity contribution in [2.24, 2.45) is 0 Å². The average molecular weight is 584 g/mol. The van der Waals surface area contributed by atoms with Crippen LogP contribution in [0.1, 0.15) is 42.5 Å². The summed E-state index contributed by atoms with van der Waals surface area (Å²) in [5.41, 5.74) is 3.68. The molecule has 3 aromatic carbocycles. The maximum absolute atomic E-state index is 14.1. The summed E-state index contributed by atoms with van der Waals surface area (Å²) in [5, 5.41) is 3.47. The van der Waals surface area contributed by atoms with Gasteiger partial charge < -0.3 is 10.2 Å². The van der Waals surface area contributed by atoms with Gasteiger partial charge in [0.1, 0.15) is 12.6 Å². The Hall–Kier alpha value is -3.36. The number of halogens is 1. The molecule has 2 atom stereocenters. The maximum atomic E-state index is 14.1. The monoisotopic (exact) mass is 583 g/mol. The summed E-state index contributed by atoms with van der Waals surface area (Å²) in [7, 11) is -3.83. The average Bonchev–Trinajstić information content (AvgIpc) is 2.89. The summed E-state index contributed by atoms with van der Waals surface area (Å²) in [6.07, 6.45) is 2.05. The SMILES string of the molecule is CC[C@@H](C)NC(=O)[C@H](Cc1ccccc1)N(Cc1ccccc1Cl)C(=O)CN(c1cc(C)cc(C)c1)S(C)(=O)=O. The first-order valence-electron chi connectivity index (χ1n) is 13.3. The van der Waals surface area contributed by atoms with Gasteiger partial charge in [-0.1, -0.05) is 73.1 Å². The van der Waals surface area contributed by atoms with Crippen molar-refractivity contribution in [1.82, 2.24) is 10.2 Å².